The van der Waals surface area contributed by atoms with Crippen molar-refractivity contribution in [1.82, 2.24) is 0 Å². The Morgan fingerprint density at radius 2 is 0.955 bits per heavy atom. The van der Waals surface area contributed by atoms with Crippen molar-refractivity contribution < 1.29 is 19.4 Å². The summed E-state index contributed by atoms with van der Waals surface area (Å²) in [5.41, 5.74) is 0. The van der Waals surface area contributed by atoms with Gasteiger partial charge in [0, 0.05) is 12.8 Å². The van der Waals surface area contributed by atoms with Crippen LogP contribution in [0.5, 0.6) is 0 Å². The lowest BCUT2D eigenvalue weighted by molar-refractivity contribution is -0.150. The first kappa shape index (κ1) is 42.2. The fourth-order valence-corrected chi connectivity index (χ4v) is 5.61. The van der Waals surface area contributed by atoms with Gasteiger partial charge in [-0.05, 0) is 70.6 Å². The zero-order valence-electron chi connectivity index (χ0n) is 29.2. The molecule has 0 aliphatic rings. The van der Waals surface area contributed by atoms with E-state index in [4.69, 9.17) is 9.84 Å². The van der Waals surface area contributed by atoms with E-state index in [1.807, 2.05) is 0 Å². The van der Waals surface area contributed by atoms with Gasteiger partial charge >= 0.3 is 11.9 Å². The largest absolute Gasteiger partial charge is 0.481 e. The fraction of sp³-hybridized carbons (Fsp3) is 0.800. The summed E-state index contributed by atoms with van der Waals surface area (Å²) in [7, 11) is 0. The van der Waals surface area contributed by atoms with Gasteiger partial charge in [0.1, 0.15) is 6.10 Å². The summed E-state index contributed by atoms with van der Waals surface area (Å²) < 4.78 is 5.99. The van der Waals surface area contributed by atoms with Crippen molar-refractivity contribution in [3.8, 4) is 0 Å². The Morgan fingerprint density at radius 1 is 0.523 bits per heavy atom. The topological polar surface area (TPSA) is 63.6 Å². The molecule has 0 aromatic heterocycles. The van der Waals surface area contributed by atoms with Crippen molar-refractivity contribution in [2.45, 2.75) is 206 Å². The average molecular weight is 617 g/mol. The van der Waals surface area contributed by atoms with Crippen molar-refractivity contribution in [2.24, 2.45) is 0 Å². The van der Waals surface area contributed by atoms with Gasteiger partial charge in [-0.15, -0.1) is 0 Å². The molecule has 44 heavy (non-hydrogen) atoms. The molecule has 1 N–H and O–H groups in total. The number of rotatable bonds is 34. The quantitative estimate of drug-likeness (QED) is 0.0444. The fourth-order valence-electron chi connectivity index (χ4n) is 5.61. The molecule has 0 saturated carbocycles. The number of ether oxygens (including phenoxy) is 1. The number of carbonyl (C=O) groups is 2. The maximum Gasteiger partial charge on any atom is 0.306 e. The summed E-state index contributed by atoms with van der Waals surface area (Å²) in [6.07, 6.45) is 45.9. The number of carboxylic acids is 1. The molecule has 0 bridgehead atoms. The van der Waals surface area contributed by atoms with Crippen molar-refractivity contribution in [1.29, 1.82) is 0 Å². The van der Waals surface area contributed by atoms with E-state index in [-0.39, 0.29) is 18.5 Å². The summed E-state index contributed by atoms with van der Waals surface area (Å²) in [6, 6.07) is 0. The number of allylic oxidation sites excluding steroid dienone is 6. The molecular formula is C40H72O4. The number of carbonyl (C=O) groups excluding carboxylic acids is 1. The van der Waals surface area contributed by atoms with E-state index in [1.54, 1.807) is 0 Å². The molecule has 0 aromatic carbocycles. The van der Waals surface area contributed by atoms with Gasteiger partial charge in [-0.3, -0.25) is 9.59 Å². The molecule has 256 valence electrons. The summed E-state index contributed by atoms with van der Waals surface area (Å²) in [5.74, 6) is -0.692. The van der Waals surface area contributed by atoms with Crippen LogP contribution in [0.15, 0.2) is 36.5 Å². The van der Waals surface area contributed by atoms with Gasteiger partial charge in [0.25, 0.3) is 0 Å². The van der Waals surface area contributed by atoms with Gasteiger partial charge in [0.15, 0.2) is 0 Å². The third-order valence-corrected chi connectivity index (χ3v) is 8.38. The Bertz CT molecular complexity index is 708. The average Bonchev–Trinajstić information content (AvgIpc) is 3.01. The molecule has 0 spiro atoms. The van der Waals surface area contributed by atoms with Crippen LogP contribution >= 0.6 is 0 Å². The van der Waals surface area contributed by atoms with Gasteiger partial charge in [-0.2, -0.15) is 0 Å². The molecule has 4 nitrogen and oxygen atoms in total. The standard InChI is InChI=1S/C40H72O4/c1-3-5-7-9-11-13-14-15-16-17-18-19-20-21-23-29-33-37-40(43)44-38(34-30-26-22-12-10-8-6-4-2)35-31-27-24-25-28-32-36-39(41)42/h5,7,11,13,15-16,38H,3-4,6,8-10,12,14,17-37H2,1-2H3,(H,41,42)/b7-5-,13-11-,16-15-. The van der Waals surface area contributed by atoms with E-state index in [1.165, 1.54) is 83.5 Å². The van der Waals surface area contributed by atoms with Crippen molar-refractivity contribution in [3.63, 3.8) is 0 Å². The minimum atomic E-state index is -0.694. The van der Waals surface area contributed by atoms with Crippen LogP contribution in [0.4, 0.5) is 0 Å². The van der Waals surface area contributed by atoms with Crippen LogP contribution in [0.1, 0.15) is 200 Å². The second-order valence-corrected chi connectivity index (χ2v) is 12.7. The summed E-state index contributed by atoms with van der Waals surface area (Å²) in [5, 5.41) is 8.77. The highest BCUT2D eigenvalue weighted by atomic mass is 16.5. The minimum Gasteiger partial charge on any atom is -0.481 e. The Labute approximate surface area is 273 Å². The molecular weight excluding hydrogens is 544 g/mol. The highest BCUT2D eigenvalue weighted by molar-refractivity contribution is 5.69. The monoisotopic (exact) mass is 617 g/mol. The molecule has 0 rings (SSSR count). The smallest absolute Gasteiger partial charge is 0.306 e. The maximum atomic E-state index is 12.6. The first-order valence-corrected chi connectivity index (χ1v) is 19.0. The van der Waals surface area contributed by atoms with E-state index in [0.717, 1.165) is 89.9 Å². The normalized spacial score (nSPS) is 12.6. The van der Waals surface area contributed by atoms with Gasteiger partial charge in [-0.25, -0.2) is 0 Å². The van der Waals surface area contributed by atoms with Crippen LogP contribution in [0.25, 0.3) is 0 Å². The first-order valence-electron chi connectivity index (χ1n) is 19.0. The molecule has 0 aromatic rings. The van der Waals surface area contributed by atoms with Crippen LogP contribution in [0.3, 0.4) is 0 Å². The molecule has 0 saturated heterocycles. The van der Waals surface area contributed by atoms with E-state index in [9.17, 15) is 9.59 Å². The van der Waals surface area contributed by atoms with E-state index >= 15 is 0 Å². The van der Waals surface area contributed by atoms with Crippen LogP contribution in [0, 0.1) is 0 Å². The molecule has 0 amide bonds. The van der Waals surface area contributed by atoms with Crippen molar-refractivity contribution in [2.75, 3.05) is 0 Å². The number of esters is 1. The predicted molar refractivity (Wildman–Crippen MR) is 190 cm³/mol. The highest BCUT2D eigenvalue weighted by Crippen LogP contribution is 2.19. The maximum absolute atomic E-state index is 12.6. The second-order valence-electron chi connectivity index (χ2n) is 12.7. The molecule has 0 aliphatic carbocycles. The van der Waals surface area contributed by atoms with Crippen LogP contribution in [-0.4, -0.2) is 23.1 Å². The Morgan fingerprint density at radius 3 is 1.48 bits per heavy atom. The van der Waals surface area contributed by atoms with Crippen molar-refractivity contribution in [3.05, 3.63) is 36.5 Å². The molecule has 4 heteroatoms. The zero-order chi connectivity index (χ0) is 32.2. The lowest BCUT2D eigenvalue weighted by Gasteiger charge is -2.18. The van der Waals surface area contributed by atoms with E-state index in [2.05, 4.69) is 50.3 Å². The molecule has 0 aliphatic heterocycles. The molecule has 0 radical (unpaired) electrons. The molecule has 1 atom stereocenters. The summed E-state index contributed by atoms with van der Waals surface area (Å²) in [6.45, 7) is 4.43. The Hall–Kier alpha value is -1.84. The molecule has 1 unspecified atom stereocenters. The highest BCUT2D eigenvalue weighted by Gasteiger charge is 2.14. The van der Waals surface area contributed by atoms with E-state index < -0.39 is 5.97 Å². The second kappa shape index (κ2) is 35.6. The number of hydrogen-bond donors (Lipinski definition) is 1. The van der Waals surface area contributed by atoms with E-state index in [0.29, 0.717) is 6.42 Å². The van der Waals surface area contributed by atoms with Gasteiger partial charge < -0.3 is 9.84 Å². The van der Waals surface area contributed by atoms with Gasteiger partial charge in [0.2, 0.25) is 0 Å². The zero-order valence-corrected chi connectivity index (χ0v) is 29.2. The van der Waals surface area contributed by atoms with Crippen molar-refractivity contribution >= 4 is 11.9 Å². The number of aliphatic carboxylic acids is 1. The van der Waals surface area contributed by atoms with Gasteiger partial charge in [-0.1, -0.05) is 153 Å². The minimum absolute atomic E-state index is 0.00212. The molecule has 0 heterocycles. The van der Waals surface area contributed by atoms with Crippen LogP contribution in [0.2, 0.25) is 0 Å². The summed E-state index contributed by atoms with van der Waals surface area (Å²) >= 11 is 0. The number of unbranched alkanes of at least 4 members (excludes halogenated alkanes) is 19. The van der Waals surface area contributed by atoms with Crippen LogP contribution < -0.4 is 0 Å². The SMILES string of the molecule is CC/C=C\C/C=C\C/C=C\CCCCCCCCCC(=O)OC(CCCCCCCCCC)CCCCCCCCC(=O)O. The molecule has 0 fully saturated rings. The lowest BCUT2D eigenvalue weighted by atomic mass is 10.0. The lowest BCUT2D eigenvalue weighted by Crippen LogP contribution is -2.18. The van der Waals surface area contributed by atoms with Crippen LogP contribution in [-0.2, 0) is 14.3 Å². The summed E-state index contributed by atoms with van der Waals surface area (Å²) in [4.78, 5) is 23.3. The third kappa shape index (κ3) is 34.6. The predicted octanol–water partition coefficient (Wildman–Crippen LogP) is 13.0. The van der Waals surface area contributed by atoms with Gasteiger partial charge in [0.05, 0.1) is 0 Å². The number of carboxylic acid groups (broad SMARTS) is 1. The first-order chi connectivity index (χ1) is 21.6. The third-order valence-electron chi connectivity index (χ3n) is 8.38. The Kier molecular flexibility index (Phi) is 34.1. The number of hydrogen-bond acceptors (Lipinski definition) is 3. The Balaban J connectivity index is 3.99.